The predicted molar refractivity (Wildman–Crippen MR) is 62.0 cm³/mol. The summed E-state index contributed by atoms with van der Waals surface area (Å²) in [4.78, 5) is 11.7. The molecule has 0 atom stereocenters. The van der Waals surface area contributed by atoms with E-state index in [2.05, 4.69) is 0 Å². The third-order valence-corrected chi connectivity index (χ3v) is 3.83. The number of hydrogen-bond donors (Lipinski definition) is 0. The van der Waals surface area contributed by atoms with Gasteiger partial charge in [0.2, 0.25) is 5.24 Å². The van der Waals surface area contributed by atoms with Crippen molar-refractivity contribution in [1.29, 1.82) is 0 Å². The Hall–Kier alpha value is -0.890. The maximum Gasteiger partial charge on any atom is 0.232 e. The molecule has 86 valence electrons. The van der Waals surface area contributed by atoms with Gasteiger partial charge in [-0.2, -0.15) is 0 Å². The molecule has 1 aliphatic rings. The summed E-state index contributed by atoms with van der Waals surface area (Å²) in [5.74, 6) is -0.321. The van der Waals surface area contributed by atoms with Crippen molar-refractivity contribution >= 4 is 16.8 Å². The maximum absolute atomic E-state index is 13.8. The van der Waals surface area contributed by atoms with Crippen molar-refractivity contribution < 1.29 is 9.18 Å². The average Bonchev–Trinajstić information content (AvgIpc) is 2.30. The van der Waals surface area contributed by atoms with Crippen molar-refractivity contribution in [3.05, 3.63) is 35.6 Å². The molecule has 0 spiro atoms. The summed E-state index contributed by atoms with van der Waals surface area (Å²) in [6.45, 7) is 0. The van der Waals surface area contributed by atoms with Crippen LogP contribution >= 0.6 is 11.6 Å². The molecule has 0 heterocycles. The molecule has 1 aromatic carbocycles. The van der Waals surface area contributed by atoms with Crippen LogP contribution in [-0.4, -0.2) is 5.24 Å². The van der Waals surface area contributed by atoms with Gasteiger partial charge in [-0.25, -0.2) is 4.39 Å². The van der Waals surface area contributed by atoms with Crippen LogP contribution in [0.2, 0.25) is 0 Å². The first-order valence-corrected chi connectivity index (χ1v) is 5.99. The zero-order chi connectivity index (χ0) is 11.6. The maximum atomic E-state index is 13.8. The third kappa shape index (κ3) is 1.86. The molecule has 0 N–H and O–H groups in total. The zero-order valence-electron chi connectivity index (χ0n) is 9.01. The van der Waals surface area contributed by atoms with Crippen molar-refractivity contribution in [3.63, 3.8) is 0 Å². The van der Waals surface area contributed by atoms with Gasteiger partial charge in [0.15, 0.2) is 0 Å². The molecular weight excluding hydrogens is 227 g/mol. The van der Waals surface area contributed by atoms with E-state index >= 15 is 0 Å². The number of halogens is 2. The fourth-order valence-electron chi connectivity index (χ4n) is 2.58. The van der Waals surface area contributed by atoms with E-state index < -0.39 is 10.7 Å². The van der Waals surface area contributed by atoms with Gasteiger partial charge in [0.1, 0.15) is 5.82 Å². The van der Waals surface area contributed by atoms with E-state index in [1.807, 2.05) is 0 Å². The average molecular weight is 241 g/mol. The van der Waals surface area contributed by atoms with Crippen molar-refractivity contribution in [2.24, 2.45) is 0 Å². The summed E-state index contributed by atoms with van der Waals surface area (Å²) in [5.41, 5.74) is -0.319. The minimum absolute atomic E-state index is 0.321. The first kappa shape index (κ1) is 11.6. The van der Waals surface area contributed by atoms with Crippen LogP contribution in [0.15, 0.2) is 24.3 Å². The van der Waals surface area contributed by atoms with E-state index in [9.17, 15) is 9.18 Å². The van der Waals surface area contributed by atoms with E-state index in [1.165, 1.54) is 6.07 Å². The first-order valence-electron chi connectivity index (χ1n) is 5.62. The highest BCUT2D eigenvalue weighted by molar-refractivity contribution is 6.65. The molecule has 3 heteroatoms. The quantitative estimate of drug-likeness (QED) is 0.719. The van der Waals surface area contributed by atoms with Crippen molar-refractivity contribution in [3.8, 4) is 0 Å². The van der Waals surface area contributed by atoms with E-state index in [0.29, 0.717) is 18.4 Å². The van der Waals surface area contributed by atoms with E-state index in [4.69, 9.17) is 11.6 Å². The molecule has 1 saturated carbocycles. The molecule has 16 heavy (non-hydrogen) atoms. The number of rotatable bonds is 2. The lowest BCUT2D eigenvalue weighted by Crippen LogP contribution is -2.36. The lowest BCUT2D eigenvalue weighted by molar-refractivity contribution is -0.118. The van der Waals surface area contributed by atoms with Gasteiger partial charge in [0, 0.05) is 5.56 Å². The lowest BCUT2D eigenvalue weighted by Gasteiger charge is -2.34. The van der Waals surface area contributed by atoms with Crippen LogP contribution in [0.5, 0.6) is 0 Å². The Labute approximate surface area is 99.6 Å². The summed E-state index contributed by atoms with van der Waals surface area (Å²) in [5, 5.41) is -0.419. The molecule has 0 bridgehead atoms. The Morgan fingerprint density at radius 3 is 2.38 bits per heavy atom. The second-order valence-corrected chi connectivity index (χ2v) is 4.74. The van der Waals surface area contributed by atoms with Crippen LogP contribution in [0.25, 0.3) is 0 Å². The summed E-state index contributed by atoms with van der Waals surface area (Å²) in [6.07, 6.45) is 4.30. The second-order valence-electron chi connectivity index (χ2n) is 4.40. The fraction of sp³-hybridized carbons (Fsp3) is 0.462. The van der Waals surface area contributed by atoms with Gasteiger partial charge in [0.05, 0.1) is 5.41 Å². The van der Waals surface area contributed by atoms with Crippen molar-refractivity contribution in [2.45, 2.75) is 37.5 Å². The van der Waals surface area contributed by atoms with Crippen LogP contribution in [0, 0.1) is 5.82 Å². The standard InChI is InChI=1S/C13H14ClFO/c14-12(16)13(8-4-1-5-9-13)10-6-2-3-7-11(10)15/h2-3,6-7H,1,4-5,8-9H2. The molecule has 0 amide bonds. The highest BCUT2D eigenvalue weighted by atomic mass is 35.5. The lowest BCUT2D eigenvalue weighted by atomic mass is 9.70. The predicted octanol–water partition coefficient (Wildman–Crippen LogP) is 3.79. The van der Waals surface area contributed by atoms with E-state index in [0.717, 1.165) is 19.3 Å². The Balaban J connectivity index is 2.47. The Morgan fingerprint density at radius 1 is 1.19 bits per heavy atom. The van der Waals surface area contributed by atoms with Gasteiger partial charge in [-0.1, -0.05) is 37.5 Å². The van der Waals surface area contributed by atoms with Gasteiger partial charge in [-0.15, -0.1) is 0 Å². The van der Waals surface area contributed by atoms with Crippen LogP contribution in [0.4, 0.5) is 4.39 Å². The Morgan fingerprint density at radius 2 is 1.81 bits per heavy atom. The Kier molecular flexibility index (Phi) is 3.29. The zero-order valence-corrected chi connectivity index (χ0v) is 9.77. The monoisotopic (exact) mass is 240 g/mol. The van der Waals surface area contributed by atoms with Gasteiger partial charge < -0.3 is 0 Å². The number of carbonyl (C=O) groups is 1. The minimum atomic E-state index is -0.787. The molecule has 0 aliphatic heterocycles. The van der Waals surface area contributed by atoms with Gasteiger partial charge in [-0.05, 0) is 30.5 Å². The highest BCUT2D eigenvalue weighted by Crippen LogP contribution is 2.42. The summed E-state index contributed by atoms with van der Waals surface area (Å²) in [7, 11) is 0. The highest BCUT2D eigenvalue weighted by Gasteiger charge is 2.41. The van der Waals surface area contributed by atoms with Gasteiger partial charge in [-0.3, -0.25) is 4.79 Å². The molecule has 0 unspecified atom stereocenters. The van der Waals surface area contributed by atoms with Crippen LogP contribution in [0.1, 0.15) is 37.7 Å². The second kappa shape index (κ2) is 4.54. The molecule has 0 aromatic heterocycles. The molecule has 0 saturated heterocycles. The third-order valence-electron chi connectivity index (χ3n) is 3.47. The van der Waals surface area contributed by atoms with E-state index in [1.54, 1.807) is 18.2 Å². The van der Waals surface area contributed by atoms with Crippen LogP contribution < -0.4 is 0 Å². The molecule has 1 aliphatic carbocycles. The molecule has 0 radical (unpaired) electrons. The number of carbonyl (C=O) groups excluding carboxylic acids is 1. The van der Waals surface area contributed by atoms with Crippen molar-refractivity contribution in [1.82, 2.24) is 0 Å². The topological polar surface area (TPSA) is 17.1 Å². The summed E-state index contributed by atoms with van der Waals surface area (Å²) < 4.78 is 13.8. The summed E-state index contributed by atoms with van der Waals surface area (Å²) in [6, 6.07) is 6.47. The molecule has 1 fully saturated rings. The van der Waals surface area contributed by atoms with Gasteiger partial charge >= 0.3 is 0 Å². The molecular formula is C13H14ClFO. The summed E-state index contributed by atoms with van der Waals surface area (Å²) >= 11 is 5.71. The van der Waals surface area contributed by atoms with Crippen LogP contribution in [0.3, 0.4) is 0 Å². The van der Waals surface area contributed by atoms with Crippen molar-refractivity contribution in [2.75, 3.05) is 0 Å². The fourth-order valence-corrected chi connectivity index (χ4v) is 2.87. The molecule has 1 aromatic rings. The SMILES string of the molecule is O=C(Cl)C1(c2ccccc2F)CCCCC1. The first-order chi connectivity index (χ1) is 7.67. The normalized spacial score (nSPS) is 19.4. The van der Waals surface area contributed by atoms with Gasteiger partial charge in [0.25, 0.3) is 0 Å². The Bertz CT molecular complexity index is 397. The molecule has 2 rings (SSSR count). The minimum Gasteiger partial charge on any atom is -0.280 e. The number of hydrogen-bond acceptors (Lipinski definition) is 1. The molecule has 1 nitrogen and oxygen atoms in total. The number of benzene rings is 1. The van der Waals surface area contributed by atoms with E-state index in [-0.39, 0.29) is 5.82 Å². The van der Waals surface area contributed by atoms with Crippen LogP contribution in [-0.2, 0) is 10.2 Å². The largest absolute Gasteiger partial charge is 0.280 e. The smallest absolute Gasteiger partial charge is 0.232 e.